The molecule has 0 saturated heterocycles. The van der Waals surface area contributed by atoms with E-state index in [0.717, 1.165) is 29.0 Å². The van der Waals surface area contributed by atoms with E-state index in [9.17, 15) is 0 Å². The van der Waals surface area contributed by atoms with Gasteiger partial charge < -0.3 is 5.43 Å². The number of nitrogens with zero attached hydrogens (tertiary/aromatic N) is 2. The van der Waals surface area contributed by atoms with Crippen LogP contribution in [-0.4, -0.2) is 9.66 Å². The highest BCUT2D eigenvalue weighted by atomic mass is 15.4. The van der Waals surface area contributed by atoms with Gasteiger partial charge in [0.15, 0.2) is 5.82 Å². The summed E-state index contributed by atoms with van der Waals surface area (Å²) in [6.45, 7) is 0.751. The van der Waals surface area contributed by atoms with Crippen LogP contribution in [0.5, 0.6) is 0 Å². The predicted octanol–water partition coefficient (Wildman–Crippen LogP) is 4.45. The Balaban J connectivity index is 1.77. The molecular weight excluding hydrogens is 282 g/mol. The standard InChI is InChI=1S/C20H17N3/c1-3-9-16(10-4-1)15-21-23-19-14-8-7-13-18(19)22-20(23)17-11-5-2-6-12-17/h1-14,21H,15H2. The molecule has 0 amide bonds. The summed E-state index contributed by atoms with van der Waals surface area (Å²) in [4.78, 5) is 4.80. The first-order chi connectivity index (χ1) is 11.4. The van der Waals surface area contributed by atoms with E-state index in [0.29, 0.717) is 0 Å². The van der Waals surface area contributed by atoms with E-state index in [-0.39, 0.29) is 0 Å². The molecule has 0 fully saturated rings. The number of rotatable bonds is 4. The minimum absolute atomic E-state index is 0.751. The van der Waals surface area contributed by atoms with Gasteiger partial charge in [-0.25, -0.2) is 9.66 Å². The van der Waals surface area contributed by atoms with E-state index >= 15 is 0 Å². The third kappa shape index (κ3) is 2.69. The Labute approximate surface area is 135 Å². The molecule has 0 saturated carbocycles. The number of nitrogens with one attached hydrogen (secondary N) is 1. The fourth-order valence-corrected chi connectivity index (χ4v) is 2.73. The quantitative estimate of drug-likeness (QED) is 0.603. The Morgan fingerprint density at radius 3 is 2.17 bits per heavy atom. The van der Waals surface area contributed by atoms with Crippen molar-refractivity contribution < 1.29 is 0 Å². The van der Waals surface area contributed by atoms with Crippen LogP contribution in [-0.2, 0) is 6.54 Å². The number of para-hydroxylation sites is 2. The Morgan fingerprint density at radius 1 is 0.739 bits per heavy atom. The first kappa shape index (κ1) is 13.6. The fraction of sp³-hybridized carbons (Fsp3) is 0.0500. The number of benzene rings is 3. The van der Waals surface area contributed by atoms with Gasteiger partial charge in [-0.2, -0.15) is 0 Å². The Bertz CT molecular complexity index is 911. The molecule has 4 rings (SSSR count). The van der Waals surface area contributed by atoms with E-state index in [1.165, 1.54) is 5.56 Å². The van der Waals surface area contributed by atoms with Gasteiger partial charge in [-0.3, -0.25) is 0 Å². The molecule has 1 heterocycles. The molecule has 0 radical (unpaired) electrons. The van der Waals surface area contributed by atoms with E-state index < -0.39 is 0 Å². The van der Waals surface area contributed by atoms with Crippen molar-refractivity contribution >= 4 is 11.0 Å². The first-order valence-electron chi connectivity index (χ1n) is 7.72. The molecule has 1 aromatic heterocycles. The van der Waals surface area contributed by atoms with Gasteiger partial charge in [0.1, 0.15) is 0 Å². The molecular formula is C20H17N3. The highest BCUT2D eigenvalue weighted by Gasteiger charge is 2.11. The van der Waals surface area contributed by atoms with Gasteiger partial charge in [0.2, 0.25) is 0 Å². The topological polar surface area (TPSA) is 29.9 Å². The van der Waals surface area contributed by atoms with Gasteiger partial charge in [-0.1, -0.05) is 72.8 Å². The second kappa shape index (κ2) is 5.97. The Kier molecular flexibility index (Phi) is 3.53. The molecule has 0 atom stereocenters. The summed E-state index contributed by atoms with van der Waals surface area (Å²) in [5.74, 6) is 0.933. The number of fused-ring (bicyclic) bond motifs is 1. The summed E-state index contributed by atoms with van der Waals surface area (Å²) in [6.07, 6.45) is 0. The van der Waals surface area contributed by atoms with E-state index in [2.05, 4.69) is 52.6 Å². The lowest BCUT2D eigenvalue weighted by Crippen LogP contribution is -2.15. The molecule has 112 valence electrons. The van der Waals surface area contributed by atoms with Crippen LogP contribution in [0.2, 0.25) is 0 Å². The Morgan fingerprint density at radius 2 is 1.39 bits per heavy atom. The van der Waals surface area contributed by atoms with E-state index in [4.69, 9.17) is 4.98 Å². The first-order valence-corrected chi connectivity index (χ1v) is 7.72. The molecule has 3 heteroatoms. The third-order valence-electron chi connectivity index (χ3n) is 3.88. The maximum absolute atomic E-state index is 4.80. The minimum Gasteiger partial charge on any atom is -0.319 e. The van der Waals surface area contributed by atoms with Crippen molar-refractivity contribution in [3.63, 3.8) is 0 Å². The second-order valence-electron chi connectivity index (χ2n) is 5.45. The van der Waals surface area contributed by atoms with Crippen molar-refractivity contribution in [1.29, 1.82) is 0 Å². The SMILES string of the molecule is c1ccc(CNn2c(-c3ccccc3)nc3ccccc32)cc1. The zero-order valence-electron chi connectivity index (χ0n) is 12.7. The fourth-order valence-electron chi connectivity index (χ4n) is 2.73. The summed E-state index contributed by atoms with van der Waals surface area (Å²) in [7, 11) is 0. The zero-order valence-corrected chi connectivity index (χ0v) is 12.7. The molecule has 23 heavy (non-hydrogen) atoms. The molecule has 0 bridgehead atoms. The zero-order chi connectivity index (χ0) is 15.5. The van der Waals surface area contributed by atoms with Gasteiger partial charge in [0.25, 0.3) is 0 Å². The van der Waals surface area contributed by atoms with Crippen LogP contribution < -0.4 is 5.43 Å². The summed E-state index contributed by atoms with van der Waals surface area (Å²) in [5.41, 5.74) is 7.92. The molecule has 4 aromatic rings. The van der Waals surface area contributed by atoms with Crippen LogP contribution in [0.15, 0.2) is 84.9 Å². The van der Waals surface area contributed by atoms with Crippen molar-refractivity contribution in [2.75, 3.05) is 5.43 Å². The maximum atomic E-state index is 4.80. The van der Waals surface area contributed by atoms with Crippen molar-refractivity contribution in [3.05, 3.63) is 90.5 Å². The average molecular weight is 299 g/mol. The molecule has 0 aliphatic heterocycles. The molecule has 0 aliphatic rings. The number of imidazole rings is 1. The molecule has 0 spiro atoms. The van der Waals surface area contributed by atoms with Crippen molar-refractivity contribution in [3.8, 4) is 11.4 Å². The smallest absolute Gasteiger partial charge is 0.159 e. The van der Waals surface area contributed by atoms with Gasteiger partial charge in [0, 0.05) is 5.56 Å². The van der Waals surface area contributed by atoms with Crippen LogP contribution in [0.1, 0.15) is 5.56 Å². The number of hydrogen-bond donors (Lipinski definition) is 1. The second-order valence-corrected chi connectivity index (χ2v) is 5.45. The molecule has 0 unspecified atom stereocenters. The lowest BCUT2D eigenvalue weighted by atomic mass is 10.2. The summed E-state index contributed by atoms with van der Waals surface area (Å²) < 4.78 is 2.08. The minimum atomic E-state index is 0.751. The molecule has 1 N–H and O–H groups in total. The van der Waals surface area contributed by atoms with Gasteiger partial charge in [-0.15, -0.1) is 0 Å². The summed E-state index contributed by atoms with van der Waals surface area (Å²) in [5, 5.41) is 0. The summed E-state index contributed by atoms with van der Waals surface area (Å²) in [6, 6.07) is 28.8. The van der Waals surface area contributed by atoms with Crippen LogP contribution in [0.4, 0.5) is 0 Å². The predicted molar refractivity (Wildman–Crippen MR) is 94.7 cm³/mol. The van der Waals surface area contributed by atoms with Crippen molar-refractivity contribution in [1.82, 2.24) is 9.66 Å². The normalized spacial score (nSPS) is 10.8. The number of aromatic nitrogens is 2. The van der Waals surface area contributed by atoms with E-state index in [1.807, 2.05) is 42.5 Å². The average Bonchev–Trinajstić information content (AvgIpc) is 3.00. The lowest BCUT2D eigenvalue weighted by molar-refractivity contribution is 0.871. The van der Waals surface area contributed by atoms with Crippen LogP contribution >= 0.6 is 0 Å². The highest BCUT2D eigenvalue weighted by molar-refractivity contribution is 5.80. The molecule has 3 aromatic carbocycles. The number of hydrogen-bond acceptors (Lipinski definition) is 2. The van der Waals surface area contributed by atoms with Crippen molar-refractivity contribution in [2.24, 2.45) is 0 Å². The van der Waals surface area contributed by atoms with Crippen LogP contribution in [0, 0.1) is 0 Å². The molecule has 0 aliphatic carbocycles. The third-order valence-corrected chi connectivity index (χ3v) is 3.88. The maximum Gasteiger partial charge on any atom is 0.159 e. The lowest BCUT2D eigenvalue weighted by Gasteiger charge is -2.12. The monoisotopic (exact) mass is 299 g/mol. The van der Waals surface area contributed by atoms with E-state index in [1.54, 1.807) is 0 Å². The van der Waals surface area contributed by atoms with Crippen molar-refractivity contribution in [2.45, 2.75) is 6.54 Å². The van der Waals surface area contributed by atoms with Crippen LogP contribution in [0.25, 0.3) is 22.4 Å². The highest BCUT2D eigenvalue weighted by Crippen LogP contribution is 2.23. The van der Waals surface area contributed by atoms with Gasteiger partial charge in [0.05, 0.1) is 17.6 Å². The van der Waals surface area contributed by atoms with Gasteiger partial charge in [-0.05, 0) is 17.7 Å². The summed E-state index contributed by atoms with van der Waals surface area (Å²) >= 11 is 0. The van der Waals surface area contributed by atoms with Crippen LogP contribution in [0.3, 0.4) is 0 Å². The molecule has 3 nitrogen and oxygen atoms in total. The van der Waals surface area contributed by atoms with Gasteiger partial charge >= 0.3 is 0 Å². The largest absolute Gasteiger partial charge is 0.319 e. The Hall–Kier alpha value is -3.07.